The van der Waals surface area contributed by atoms with Crippen LogP contribution in [0.4, 0.5) is 11.4 Å². The number of primary amides is 1. The predicted molar refractivity (Wildman–Crippen MR) is 151 cm³/mol. The topological polar surface area (TPSA) is 131 Å². The zero-order chi connectivity index (χ0) is 28.0. The Kier molecular flexibility index (Phi) is 8.88. The van der Waals surface area contributed by atoms with E-state index in [0.29, 0.717) is 43.1 Å². The maximum atomic E-state index is 13.7. The molecule has 206 valence electrons. The molecule has 3 aromatic carbocycles. The highest BCUT2D eigenvalue weighted by atomic mass is 32.2. The highest BCUT2D eigenvalue weighted by molar-refractivity contribution is 7.89. The van der Waals surface area contributed by atoms with Gasteiger partial charge < -0.3 is 20.7 Å². The van der Waals surface area contributed by atoms with Crippen LogP contribution in [0.3, 0.4) is 0 Å². The van der Waals surface area contributed by atoms with Crippen molar-refractivity contribution in [3.8, 4) is 5.75 Å². The van der Waals surface area contributed by atoms with Gasteiger partial charge in [-0.2, -0.15) is 0 Å². The number of carbonyl (C=O) groups is 2. The van der Waals surface area contributed by atoms with Gasteiger partial charge in [0.15, 0.2) is 0 Å². The second-order valence-electron chi connectivity index (χ2n) is 9.67. The number of hydrogen-bond donors (Lipinski definition) is 3. The van der Waals surface area contributed by atoms with Crippen molar-refractivity contribution in [2.75, 3.05) is 30.4 Å². The molecule has 0 spiro atoms. The SMILES string of the molecule is COc1ccc(CC(=O)Nc2ccc(N3CCC(C(N)=O)CC3)c(S(=O)(=O)NC(C)c3ccccc3)c2)cc1. The van der Waals surface area contributed by atoms with E-state index in [9.17, 15) is 18.0 Å². The van der Waals surface area contributed by atoms with E-state index in [-0.39, 0.29) is 29.0 Å². The van der Waals surface area contributed by atoms with Crippen LogP contribution < -0.4 is 25.4 Å². The van der Waals surface area contributed by atoms with Crippen LogP contribution >= 0.6 is 0 Å². The van der Waals surface area contributed by atoms with E-state index in [1.54, 1.807) is 38.3 Å². The zero-order valence-electron chi connectivity index (χ0n) is 22.1. The molecule has 1 heterocycles. The first-order chi connectivity index (χ1) is 18.7. The van der Waals surface area contributed by atoms with Gasteiger partial charge in [0.1, 0.15) is 10.6 Å². The average molecular weight is 551 g/mol. The van der Waals surface area contributed by atoms with Crippen LogP contribution in [0.2, 0.25) is 0 Å². The summed E-state index contributed by atoms with van der Waals surface area (Å²) in [4.78, 5) is 26.4. The maximum Gasteiger partial charge on any atom is 0.243 e. The smallest absolute Gasteiger partial charge is 0.243 e. The maximum absolute atomic E-state index is 13.7. The van der Waals surface area contributed by atoms with Crippen molar-refractivity contribution in [1.82, 2.24) is 4.72 Å². The number of hydrogen-bond acceptors (Lipinski definition) is 6. The fourth-order valence-corrected chi connectivity index (χ4v) is 6.20. The summed E-state index contributed by atoms with van der Waals surface area (Å²) in [6.07, 6.45) is 1.21. The van der Waals surface area contributed by atoms with Gasteiger partial charge >= 0.3 is 0 Å². The van der Waals surface area contributed by atoms with E-state index in [0.717, 1.165) is 11.1 Å². The lowest BCUT2D eigenvalue weighted by Gasteiger charge is -2.33. The quantitative estimate of drug-likeness (QED) is 0.353. The fourth-order valence-electron chi connectivity index (χ4n) is 4.71. The average Bonchev–Trinajstić information content (AvgIpc) is 2.93. The van der Waals surface area contributed by atoms with Crippen LogP contribution in [0.25, 0.3) is 0 Å². The number of nitrogens with zero attached hydrogens (tertiary/aromatic N) is 1. The number of piperidine rings is 1. The summed E-state index contributed by atoms with van der Waals surface area (Å²) < 4.78 is 35.3. The largest absolute Gasteiger partial charge is 0.497 e. The molecule has 1 fully saturated rings. The van der Waals surface area contributed by atoms with Crippen LogP contribution in [0, 0.1) is 5.92 Å². The minimum absolute atomic E-state index is 0.0602. The monoisotopic (exact) mass is 550 g/mol. The van der Waals surface area contributed by atoms with E-state index >= 15 is 0 Å². The van der Waals surface area contributed by atoms with Gasteiger partial charge in [0, 0.05) is 30.7 Å². The molecule has 4 rings (SSSR count). The summed E-state index contributed by atoms with van der Waals surface area (Å²) in [6, 6.07) is 20.9. The Hall–Kier alpha value is -3.89. The summed E-state index contributed by atoms with van der Waals surface area (Å²) in [7, 11) is -2.42. The molecular weight excluding hydrogens is 516 g/mol. The highest BCUT2D eigenvalue weighted by Gasteiger charge is 2.29. The van der Waals surface area contributed by atoms with Crippen molar-refractivity contribution < 1.29 is 22.7 Å². The lowest BCUT2D eigenvalue weighted by molar-refractivity contribution is -0.122. The van der Waals surface area contributed by atoms with Crippen LogP contribution in [0.5, 0.6) is 5.75 Å². The predicted octanol–water partition coefficient (Wildman–Crippen LogP) is 3.62. The standard InChI is InChI=1S/C29H34N4O5S/c1-20(22-6-4-3-5-7-22)32-39(36,37)27-19-24(31-28(34)18-21-8-11-25(38-2)12-9-21)10-13-26(27)33-16-14-23(15-17-33)29(30)35/h3-13,19-20,23,32H,14-18H2,1-2H3,(H2,30,35)(H,31,34). The number of anilines is 2. The first-order valence-corrected chi connectivity index (χ1v) is 14.3. The van der Waals surface area contributed by atoms with Crippen LogP contribution in [0.1, 0.15) is 36.9 Å². The Labute approximate surface area is 229 Å². The lowest BCUT2D eigenvalue weighted by Crippen LogP contribution is -2.39. The number of nitrogens with two attached hydrogens (primary N) is 1. The number of rotatable bonds is 10. The van der Waals surface area contributed by atoms with E-state index in [1.807, 2.05) is 47.4 Å². The third-order valence-corrected chi connectivity index (χ3v) is 8.50. The Morgan fingerprint density at radius 3 is 2.31 bits per heavy atom. The zero-order valence-corrected chi connectivity index (χ0v) is 22.9. The van der Waals surface area contributed by atoms with Crippen molar-refractivity contribution >= 4 is 33.2 Å². The van der Waals surface area contributed by atoms with Crippen molar-refractivity contribution in [3.63, 3.8) is 0 Å². The van der Waals surface area contributed by atoms with Gasteiger partial charge in [-0.05, 0) is 61.2 Å². The summed E-state index contributed by atoms with van der Waals surface area (Å²) in [5.41, 5.74) is 8.00. The number of ether oxygens (including phenoxy) is 1. The summed E-state index contributed by atoms with van der Waals surface area (Å²) in [5.74, 6) is -0.143. The minimum Gasteiger partial charge on any atom is -0.497 e. The number of methoxy groups -OCH3 is 1. The molecular formula is C29H34N4O5S. The first-order valence-electron chi connectivity index (χ1n) is 12.8. The fraction of sp³-hybridized carbons (Fsp3) is 0.310. The molecule has 0 aromatic heterocycles. The number of sulfonamides is 1. The molecule has 10 heteroatoms. The second kappa shape index (κ2) is 12.3. The van der Waals surface area contributed by atoms with Crippen molar-refractivity contribution in [3.05, 3.63) is 83.9 Å². The molecule has 0 aliphatic carbocycles. The molecule has 39 heavy (non-hydrogen) atoms. The highest BCUT2D eigenvalue weighted by Crippen LogP contribution is 2.32. The van der Waals surface area contributed by atoms with Crippen molar-refractivity contribution in [2.45, 2.75) is 37.1 Å². The Morgan fingerprint density at radius 1 is 1.03 bits per heavy atom. The van der Waals surface area contributed by atoms with Crippen LogP contribution in [-0.2, 0) is 26.0 Å². The number of amides is 2. The van der Waals surface area contributed by atoms with E-state index in [2.05, 4.69) is 10.0 Å². The van der Waals surface area contributed by atoms with Gasteiger partial charge in [-0.25, -0.2) is 13.1 Å². The molecule has 2 amide bonds. The molecule has 0 bridgehead atoms. The van der Waals surface area contributed by atoms with Gasteiger partial charge in [-0.1, -0.05) is 42.5 Å². The first kappa shape index (κ1) is 28.1. The third-order valence-electron chi connectivity index (χ3n) is 6.93. The van der Waals surface area contributed by atoms with E-state index < -0.39 is 16.1 Å². The molecule has 1 aliphatic rings. The van der Waals surface area contributed by atoms with Gasteiger partial charge in [-0.3, -0.25) is 9.59 Å². The number of benzene rings is 3. The van der Waals surface area contributed by atoms with E-state index in [1.165, 1.54) is 6.07 Å². The van der Waals surface area contributed by atoms with Gasteiger partial charge in [0.05, 0.1) is 19.2 Å². The Balaban J connectivity index is 1.59. The lowest BCUT2D eigenvalue weighted by atomic mass is 9.96. The van der Waals surface area contributed by atoms with Crippen LogP contribution in [-0.4, -0.2) is 40.4 Å². The number of carbonyl (C=O) groups excluding carboxylic acids is 2. The molecule has 0 saturated carbocycles. The molecule has 1 saturated heterocycles. The molecule has 4 N–H and O–H groups in total. The summed E-state index contributed by atoms with van der Waals surface area (Å²) in [6.45, 7) is 2.77. The minimum atomic E-state index is -3.99. The van der Waals surface area contributed by atoms with E-state index in [4.69, 9.17) is 10.5 Å². The van der Waals surface area contributed by atoms with Crippen LogP contribution in [0.15, 0.2) is 77.7 Å². The van der Waals surface area contributed by atoms with Gasteiger partial charge in [0.25, 0.3) is 0 Å². The summed E-state index contributed by atoms with van der Waals surface area (Å²) >= 11 is 0. The molecule has 1 atom stereocenters. The summed E-state index contributed by atoms with van der Waals surface area (Å²) in [5, 5.41) is 2.83. The Morgan fingerprint density at radius 2 is 1.69 bits per heavy atom. The molecule has 9 nitrogen and oxygen atoms in total. The van der Waals surface area contributed by atoms with Crippen molar-refractivity contribution in [2.24, 2.45) is 11.7 Å². The molecule has 3 aromatic rings. The molecule has 1 unspecified atom stereocenters. The van der Waals surface area contributed by atoms with Gasteiger partial charge in [-0.15, -0.1) is 0 Å². The van der Waals surface area contributed by atoms with Gasteiger partial charge in [0.2, 0.25) is 21.8 Å². The molecule has 0 radical (unpaired) electrons. The second-order valence-corrected chi connectivity index (χ2v) is 11.4. The number of nitrogens with one attached hydrogen (secondary N) is 2. The van der Waals surface area contributed by atoms with Crippen molar-refractivity contribution in [1.29, 1.82) is 0 Å². The third kappa shape index (κ3) is 7.15. The molecule has 1 aliphatic heterocycles. The normalized spacial score (nSPS) is 15.0. The Bertz CT molecular complexity index is 1400.